The summed E-state index contributed by atoms with van der Waals surface area (Å²) in [5, 5.41) is 22.6. The normalized spacial score (nSPS) is 12.7. The van der Waals surface area contributed by atoms with Crippen molar-refractivity contribution in [3.8, 4) is 11.5 Å². The lowest BCUT2D eigenvalue weighted by molar-refractivity contribution is 0.0980. The number of carbonyl (C=O) groups is 2. The molecule has 0 bridgehead atoms. The molecule has 0 atom stereocenters. The minimum atomic E-state index is -0.337. The maximum Gasteiger partial charge on any atom is 0.196 e. The van der Waals surface area contributed by atoms with E-state index in [1.165, 1.54) is 11.9 Å². The van der Waals surface area contributed by atoms with Gasteiger partial charge in [0.15, 0.2) is 17.3 Å². The number of nitrogens with two attached hydrogens (primary N) is 1. The number of anilines is 3. The van der Waals surface area contributed by atoms with Crippen LogP contribution in [0.5, 0.6) is 11.5 Å². The standard InChI is InChI=1S/C37H41N3O5S/c1-21-19-22(2)36(46-40(15-17-41)16-18-42)23(3)33(21)39-28-20-29(45-25-13-11-24(12-14-25)37(4,5)6)32(38)31-30(28)34(43)26-9-7-8-10-27(26)35(31)44/h7-14,19-20,39,41-42H,15-18,38H2,1-6H3. The van der Waals surface area contributed by atoms with Gasteiger partial charge in [0.1, 0.15) is 5.75 Å². The van der Waals surface area contributed by atoms with Gasteiger partial charge in [-0.05, 0) is 72.5 Å². The fourth-order valence-corrected chi connectivity index (χ4v) is 6.86. The lowest BCUT2D eigenvalue weighted by Gasteiger charge is -2.26. The number of aryl methyl sites for hydroxylation is 2. The van der Waals surface area contributed by atoms with E-state index < -0.39 is 0 Å². The van der Waals surface area contributed by atoms with Crippen LogP contribution in [-0.2, 0) is 5.41 Å². The quantitative estimate of drug-likeness (QED) is 0.0936. The molecule has 0 saturated carbocycles. The number of rotatable bonds is 10. The number of ether oxygens (including phenoxy) is 1. The number of fused-ring (bicyclic) bond motifs is 2. The zero-order valence-corrected chi connectivity index (χ0v) is 28.0. The molecule has 0 aliphatic heterocycles. The molecule has 0 fully saturated rings. The highest BCUT2D eigenvalue weighted by Gasteiger charge is 2.35. The van der Waals surface area contributed by atoms with Gasteiger partial charge in [-0.15, -0.1) is 0 Å². The van der Waals surface area contributed by atoms with Gasteiger partial charge in [-0.25, -0.2) is 4.31 Å². The molecule has 46 heavy (non-hydrogen) atoms. The Kier molecular flexibility index (Phi) is 9.60. The van der Waals surface area contributed by atoms with Crippen molar-refractivity contribution in [3.05, 3.63) is 105 Å². The molecule has 5 N–H and O–H groups in total. The van der Waals surface area contributed by atoms with E-state index in [4.69, 9.17) is 10.5 Å². The molecule has 240 valence electrons. The van der Waals surface area contributed by atoms with Crippen molar-refractivity contribution in [1.29, 1.82) is 0 Å². The summed E-state index contributed by atoms with van der Waals surface area (Å²) in [4.78, 5) is 29.0. The smallest absolute Gasteiger partial charge is 0.196 e. The molecular weight excluding hydrogens is 598 g/mol. The van der Waals surface area contributed by atoms with Crippen molar-refractivity contribution in [1.82, 2.24) is 4.31 Å². The maximum atomic E-state index is 14.1. The van der Waals surface area contributed by atoms with Gasteiger partial charge in [-0.1, -0.05) is 63.2 Å². The minimum absolute atomic E-state index is 0.0330. The summed E-state index contributed by atoms with van der Waals surface area (Å²) in [6.07, 6.45) is 0. The number of ketones is 2. The van der Waals surface area contributed by atoms with E-state index in [9.17, 15) is 19.8 Å². The second kappa shape index (κ2) is 13.3. The summed E-state index contributed by atoms with van der Waals surface area (Å²) in [7, 11) is 0. The first-order valence-corrected chi connectivity index (χ1v) is 16.1. The van der Waals surface area contributed by atoms with Gasteiger partial charge in [0.05, 0.1) is 35.7 Å². The lowest BCUT2D eigenvalue weighted by Crippen LogP contribution is -2.24. The molecule has 5 rings (SSSR count). The van der Waals surface area contributed by atoms with Gasteiger partial charge < -0.3 is 26.0 Å². The first-order valence-electron chi connectivity index (χ1n) is 15.3. The van der Waals surface area contributed by atoms with E-state index in [2.05, 4.69) is 26.1 Å². The number of aliphatic hydroxyl groups is 2. The van der Waals surface area contributed by atoms with Gasteiger partial charge >= 0.3 is 0 Å². The third kappa shape index (κ3) is 6.41. The van der Waals surface area contributed by atoms with Crippen LogP contribution in [0.4, 0.5) is 17.1 Å². The Morgan fingerprint density at radius 2 is 1.43 bits per heavy atom. The summed E-state index contributed by atoms with van der Waals surface area (Å²) < 4.78 is 8.23. The molecule has 1 aliphatic carbocycles. The molecule has 8 nitrogen and oxygen atoms in total. The van der Waals surface area contributed by atoms with E-state index in [0.717, 1.165) is 32.8 Å². The number of nitrogens with one attached hydrogen (secondary N) is 1. The van der Waals surface area contributed by atoms with Crippen LogP contribution >= 0.6 is 11.9 Å². The average Bonchev–Trinajstić information content (AvgIpc) is 3.01. The molecule has 0 saturated heterocycles. The topological polar surface area (TPSA) is 125 Å². The largest absolute Gasteiger partial charge is 0.455 e. The van der Waals surface area contributed by atoms with E-state index in [1.807, 2.05) is 55.4 Å². The minimum Gasteiger partial charge on any atom is -0.455 e. The lowest BCUT2D eigenvalue weighted by atomic mass is 9.82. The van der Waals surface area contributed by atoms with E-state index in [0.29, 0.717) is 35.7 Å². The van der Waals surface area contributed by atoms with Crippen LogP contribution in [0.1, 0.15) is 74.9 Å². The monoisotopic (exact) mass is 639 g/mol. The van der Waals surface area contributed by atoms with Crippen molar-refractivity contribution in [2.75, 3.05) is 37.4 Å². The Morgan fingerprint density at radius 3 is 2.00 bits per heavy atom. The van der Waals surface area contributed by atoms with Crippen LogP contribution in [0.2, 0.25) is 0 Å². The number of hydrogen-bond donors (Lipinski definition) is 4. The number of nitrogens with zero attached hydrogens (tertiary/aromatic N) is 1. The average molecular weight is 640 g/mol. The van der Waals surface area contributed by atoms with Crippen LogP contribution in [-0.4, -0.2) is 52.4 Å². The molecule has 1 aliphatic rings. The highest BCUT2D eigenvalue weighted by atomic mass is 32.2. The van der Waals surface area contributed by atoms with E-state index in [-0.39, 0.29) is 52.8 Å². The summed E-state index contributed by atoms with van der Waals surface area (Å²) in [6.45, 7) is 13.1. The highest BCUT2D eigenvalue weighted by molar-refractivity contribution is 7.97. The third-order valence-corrected chi connectivity index (χ3v) is 9.66. The van der Waals surface area contributed by atoms with Gasteiger partial charge in [0.25, 0.3) is 0 Å². The molecule has 0 spiro atoms. The maximum absolute atomic E-state index is 14.1. The zero-order valence-electron chi connectivity index (χ0n) is 27.2. The predicted octanol–water partition coefficient (Wildman–Crippen LogP) is 7.10. The third-order valence-electron chi connectivity index (χ3n) is 8.23. The molecule has 4 aromatic rings. The van der Waals surface area contributed by atoms with Crippen LogP contribution in [0, 0.1) is 20.8 Å². The Bertz CT molecular complexity index is 1810. The van der Waals surface area contributed by atoms with Crippen LogP contribution in [0.3, 0.4) is 0 Å². The van der Waals surface area contributed by atoms with Crippen molar-refractivity contribution >= 4 is 40.6 Å². The molecule has 0 radical (unpaired) electrons. The Labute approximate surface area is 274 Å². The molecule has 0 amide bonds. The van der Waals surface area contributed by atoms with Gasteiger partial charge in [-0.2, -0.15) is 0 Å². The fraction of sp³-hybridized carbons (Fsp3) is 0.297. The summed E-state index contributed by atoms with van der Waals surface area (Å²) in [5.74, 6) is 0.181. The molecule has 0 aromatic heterocycles. The Morgan fingerprint density at radius 1 is 0.848 bits per heavy atom. The van der Waals surface area contributed by atoms with Crippen molar-refractivity contribution < 1.29 is 24.5 Å². The molecule has 0 heterocycles. The number of hydrogen-bond acceptors (Lipinski definition) is 9. The molecular formula is C37H41N3O5S. The molecule has 0 unspecified atom stereocenters. The second-order valence-electron chi connectivity index (χ2n) is 12.6. The fourth-order valence-electron chi connectivity index (χ4n) is 5.82. The number of carbonyl (C=O) groups excluding carboxylic acids is 2. The zero-order chi connectivity index (χ0) is 33.3. The summed E-state index contributed by atoms with van der Waals surface area (Å²) in [6, 6.07) is 18.3. The number of aliphatic hydroxyl groups excluding tert-OH is 2. The molecule has 9 heteroatoms. The Balaban J connectivity index is 1.65. The van der Waals surface area contributed by atoms with E-state index >= 15 is 0 Å². The van der Waals surface area contributed by atoms with Gasteiger partial charge in [0.2, 0.25) is 0 Å². The van der Waals surface area contributed by atoms with Crippen molar-refractivity contribution in [3.63, 3.8) is 0 Å². The first kappa shape index (κ1) is 33.2. The van der Waals surface area contributed by atoms with Gasteiger partial charge in [-0.3, -0.25) is 9.59 Å². The van der Waals surface area contributed by atoms with Crippen LogP contribution < -0.4 is 15.8 Å². The second-order valence-corrected chi connectivity index (χ2v) is 13.7. The number of nitrogen functional groups attached to an aromatic ring is 1. The summed E-state index contributed by atoms with van der Waals surface area (Å²) in [5.41, 5.74) is 12.9. The van der Waals surface area contributed by atoms with E-state index in [1.54, 1.807) is 30.3 Å². The summed E-state index contributed by atoms with van der Waals surface area (Å²) >= 11 is 1.46. The van der Waals surface area contributed by atoms with Crippen molar-refractivity contribution in [2.24, 2.45) is 0 Å². The van der Waals surface area contributed by atoms with Crippen LogP contribution in [0.15, 0.2) is 65.6 Å². The predicted molar refractivity (Wildman–Crippen MR) is 185 cm³/mol. The Hall–Kier alpha value is -4.15. The van der Waals surface area contributed by atoms with Gasteiger partial charge in [0, 0.05) is 40.9 Å². The molecule has 4 aromatic carbocycles. The first-order chi connectivity index (χ1) is 21.8. The van der Waals surface area contributed by atoms with Crippen LogP contribution in [0.25, 0.3) is 0 Å². The SMILES string of the molecule is Cc1cc(C)c(SN(CCO)CCO)c(C)c1Nc1cc(Oc2ccc(C(C)(C)C)cc2)c(N)c2c1C(=O)c1ccccc1C2=O. The highest BCUT2D eigenvalue weighted by Crippen LogP contribution is 2.45. The van der Waals surface area contributed by atoms with Crippen molar-refractivity contribution in [2.45, 2.75) is 51.9 Å². The number of benzene rings is 4.